The van der Waals surface area contributed by atoms with E-state index in [4.69, 9.17) is 19.9 Å². The zero-order valence-corrected chi connectivity index (χ0v) is 25.7. The second-order valence-electron chi connectivity index (χ2n) is 12.6. The topological polar surface area (TPSA) is 104 Å². The number of nitrogens with zero attached hydrogens (tertiary/aromatic N) is 4. The number of nitrogens with one attached hydrogen (secondary N) is 2. The van der Waals surface area contributed by atoms with E-state index < -0.39 is 17.2 Å². The van der Waals surface area contributed by atoms with Gasteiger partial charge in [-0.2, -0.15) is 0 Å². The minimum Gasteiger partial charge on any atom is -0.459 e. The maximum atomic E-state index is 15.2. The van der Waals surface area contributed by atoms with Crippen molar-refractivity contribution in [2.75, 3.05) is 52.5 Å². The summed E-state index contributed by atoms with van der Waals surface area (Å²) in [6.07, 6.45) is 4.77. The fourth-order valence-electron chi connectivity index (χ4n) is 5.74. The van der Waals surface area contributed by atoms with Gasteiger partial charge in [0, 0.05) is 74.8 Å². The van der Waals surface area contributed by atoms with E-state index in [1.165, 1.54) is 18.3 Å². The number of fused-ring (bicyclic) bond motifs is 1. The number of para-hydroxylation sites is 1. The van der Waals surface area contributed by atoms with Crippen LogP contribution in [-0.2, 0) is 20.8 Å². The quantitative estimate of drug-likeness (QED) is 0.256. The lowest BCUT2D eigenvalue weighted by Gasteiger charge is -2.33. The Morgan fingerprint density at radius 1 is 1.14 bits per heavy atom. The van der Waals surface area contributed by atoms with Crippen molar-refractivity contribution >= 4 is 23.2 Å². The van der Waals surface area contributed by atoms with E-state index in [1.54, 1.807) is 18.3 Å². The van der Waals surface area contributed by atoms with Crippen LogP contribution in [0.2, 0.25) is 0 Å². The number of benzene rings is 2. The Kier molecular flexibility index (Phi) is 10.3. The minimum atomic E-state index is -0.591. The molecule has 2 aliphatic rings. The molecule has 1 unspecified atom stereocenters. The second-order valence-corrected chi connectivity index (χ2v) is 12.6. The average molecular weight is 609 g/mol. The van der Waals surface area contributed by atoms with Gasteiger partial charge in [0.25, 0.3) is 0 Å². The summed E-state index contributed by atoms with van der Waals surface area (Å²) in [5.41, 5.74) is 2.29. The standard InChI is InChI=1S/C33H42F2N6O3/c1-33(2,3)44-31(42)21-40-9-7-24(8-10-40)37-18-23(17-36)30-19-38-29-6-4-5-25(32(29)39-30)22-15-27(34)26(28(35)16-22)20-41-11-13-43-14-12-41/h4-6,15-17,19,23-24,36-37H,7-14,18,20-21H2,1-3H3. The highest BCUT2D eigenvalue weighted by Crippen LogP contribution is 2.31. The fourth-order valence-corrected chi connectivity index (χ4v) is 5.74. The van der Waals surface area contributed by atoms with E-state index in [2.05, 4.69) is 15.2 Å². The predicted molar refractivity (Wildman–Crippen MR) is 166 cm³/mol. The number of aromatic nitrogens is 2. The molecule has 0 saturated carbocycles. The zero-order valence-electron chi connectivity index (χ0n) is 25.7. The molecule has 2 saturated heterocycles. The van der Waals surface area contributed by atoms with E-state index in [9.17, 15) is 4.79 Å². The van der Waals surface area contributed by atoms with Crippen LogP contribution in [-0.4, -0.2) is 96.1 Å². The smallest absolute Gasteiger partial charge is 0.320 e. The van der Waals surface area contributed by atoms with Gasteiger partial charge >= 0.3 is 5.97 Å². The average Bonchev–Trinajstić information content (AvgIpc) is 2.99. The Morgan fingerprint density at radius 3 is 2.50 bits per heavy atom. The molecule has 2 aliphatic heterocycles. The van der Waals surface area contributed by atoms with Gasteiger partial charge in [0.05, 0.1) is 36.5 Å². The number of morpholine rings is 1. The summed E-state index contributed by atoms with van der Waals surface area (Å²) in [7, 11) is 0. The van der Waals surface area contributed by atoms with Crippen LogP contribution in [0, 0.1) is 17.0 Å². The van der Waals surface area contributed by atoms with Gasteiger partial charge in [0.2, 0.25) is 0 Å². The molecular weight excluding hydrogens is 566 g/mol. The molecule has 2 N–H and O–H groups in total. The molecule has 3 aromatic rings. The van der Waals surface area contributed by atoms with E-state index in [0.29, 0.717) is 60.7 Å². The van der Waals surface area contributed by atoms with Crippen LogP contribution in [0.1, 0.15) is 50.8 Å². The molecule has 44 heavy (non-hydrogen) atoms. The van der Waals surface area contributed by atoms with Gasteiger partial charge in [-0.05, 0) is 57.4 Å². The summed E-state index contributed by atoms with van der Waals surface area (Å²) in [5, 5.41) is 11.7. The molecule has 9 nitrogen and oxygen atoms in total. The SMILES string of the molecule is CC(C)(C)OC(=O)CN1CCC(NCC(C=N)c2cnc3cccc(-c4cc(F)c(CN5CCOCC5)c(F)c4)c3n2)CC1. The molecule has 2 fully saturated rings. The molecule has 1 atom stereocenters. The highest BCUT2D eigenvalue weighted by atomic mass is 19.1. The number of piperidine rings is 1. The number of halogens is 2. The number of carbonyl (C=O) groups excluding carboxylic acids is 1. The highest BCUT2D eigenvalue weighted by Gasteiger charge is 2.25. The first kappa shape index (κ1) is 32.0. The molecule has 0 radical (unpaired) electrons. The molecular formula is C33H42F2N6O3. The van der Waals surface area contributed by atoms with Gasteiger partial charge in [0.15, 0.2) is 0 Å². The number of hydrogen-bond acceptors (Lipinski definition) is 9. The second kappa shape index (κ2) is 14.2. The Labute approximate surface area is 257 Å². The lowest BCUT2D eigenvalue weighted by Crippen LogP contribution is -2.46. The minimum absolute atomic E-state index is 0.0493. The maximum Gasteiger partial charge on any atom is 0.320 e. The third kappa shape index (κ3) is 8.20. The van der Waals surface area contributed by atoms with Gasteiger partial charge in [-0.25, -0.2) is 13.8 Å². The van der Waals surface area contributed by atoms with Crippen LogP contribution in [0.3, 0.4) is 0 Å². The molecule has 5 rings (SSSR count). The molecule has 3 heterocycles. The molecule has 0 amide bonds. The lowest BCUT2D eigenvalue weighted by molar-refractivity contribution is -0.156. The Bertz CT molecular complexity index is 1440. The summed E-state index contributed by atoms with van der Waals surface area (Å²) >= 11 is 0. The van der Waals surface area contributed by atoms with Gasteiger partial charge in [-0.3, -0.25) is 19.6 Å². The van der Waals surface area contributed by atoms with Crippen molar-refractivity contribution in [3.8, 4) is 11.1 Å². The summed E-state index contributed by atoms with van der Waals surface area (Å²) in [6, 6.07) is 8.39. The first-order chi connectivity index (χ1) is 21.1. The summed E-state index contributed by atoms with van der Waals surface area (Å²) in [4.78, 5) is 25.7. The highest BCUT2D eigenvalue weighted by molar-refractivity contribution is 5.91. The maximum absolute atomic E-state index is 15.2. The van der Waals surface area contributed by atoms with Crippen molar-refractivity contribution in [2.45, 2.75) is 57.7 Å². The zero-order chi connectivity index (χ0) is 31.3. The Morgan fingerprint density at radius 2 is 1.84 bits per heavy atom. The van der Waals surface area contributed by atoms with Crippen molar-refractivity contribution < 1.29 is 23.0 Å². The molecule has 0 bridgehead atoms. The van der Waals surface area contributed by atoms with Crippen molar-refractivity contribution in [2.24, 2.45) is 0 Å². The molecule has 2 aromatic carbocycles. The number of likely N-dealkylation sites (tertiary alicyclic amines) is 1. The largest absolute Gasteiger partial charge is 0.459 e. The number of rotatable bonds is 10. The normalized spacial score (nSPS) is 17.9. The van der Waals surface area contributed by atoms with Gasteiger partial charge in [-0.15, -0.1) is 0 Å². The van der Waals surface area contributed by atoms with E-state index >= 15 is 8.78 Å². The van der Waals surface area contributed by atoms with E-state index in [1.807, 2.05) is 31.7 Å². The van der Waals surface area contributed by atoms with Crippen LogP contribution in [0.15, 0.2) is 36.5 Å². The van der Waals surface area contributed by atoms with Gasteiger partial charge in [0.1, 0.15) is 17.2 Å². The van der Waals surface area contributed by atoms with Crippen LogP contribution >= 0.6 is 0 Å². The third-order valence-corrected chi connectivity index (χ3v) is 8.10. The molecule has 11 heteroatoms. The number of esters is 1. The van der Waals surface area contributed by atoms with Crippen molar-refractivity contribution in [1.29, 1.82) is 5.41 Å². The fraction of sp³-hybridized carbons (Fsp3) is 0.515. The molecule has 0 aliphatic carbocycles. The van der Waals surface area contributed by atoms with E-state index in [-0.39, 0.29) is 36.6 Å². The summed E-state index contributed by atoms with van der Waals surface area (Å²) in [6.45, 7) is 10.5. The van der Waals surface area contributed by atoms with Crippen molar-refractivity contribution in [1.82, 2.24) is 25.1 Å². The van der Waals surface area contributed by atoms with Gasteiger partial charge in [-0.1, -0.05) is 12.1 Å². The van der Waals surface area contributed by atoms with E-state index in [0.717, 1.165) is 25.9 Å². The molecule has 0 spiro atoms. The summed E-state index contributed by atoms with van der Waals surface area (Å²) < 4.78 is 41.3. The van der Waals surface area contributed by atoms with Crippen LogP contribution in [0.25, 0.3) is 22.2 Å². The lowest BCUT2D eigenvalue weighted by atomic mass is 9.99. The Hall–Kier alpha value is -3.38. The van der Waals surface area contributed by atoms with Crippen LogP contribution in [0.4, 0.5) is 8.78 Å². The predicted octanol–water partition coefficient (Wildman–Crippen LogP) is 4.54. The molecule has 1 aromatic heterocycles. The van der Waals surface area contributed by atoms with Crippen LogP contribution < -0.4 is 5.32 Å². The number of ether oxygens (including phenoxy) is 2. The van der Waals surface area contributed by atoms with Crippen molar-refractivity contribution in [3.05, 3.63) is 59.4 Å². The van der Waals surface area contributed by atoms with Crippen LogP contribution in [0.5, 0.6) is 0 Å². The number of hydrogen-bond donors (Lipinski definition) is 2. The van der Waals surface area contributed by atoms with Gasteiger partial charge < -0.3 is 20.2 Å². The third-order valence-electron chi connectivity index (χ3n) is 8.10. The number of carbonyl (C=O) groups is 1. The van der Waals surface area contributed by atoms with Crippen molar-refractivity contribution in [3.63, 3.8) is 0 Å². The Balaban J connectivity index is 1.25. The molecule has 236 valence electrons. The summed E-state index contributed by atoms with van der Waals surface area (Å²) in [5.74, 6) is -1.72. The first-order valence-electron chi connectivity index (χ1n) is 15.3. The monoisotopic (exact) mass is 608 g/mol. The first-order valence-corrected chi connectivity index (χ1v) is 15.3.